The van der Waals surface area contributed by atoms with E-state index in [0.717, 1.165) is 18.5 Å². The molecule has 0 fully saturated rings. The third kappa shape index (κ3) is 3.80. The summed E-state index contributed by atoms with van der Waals surface area (Å²) in [6.07, 6.45) is 1.00. The Kier molecular flexibility index (Phi) is 5.32. The number of hydrogen-bond acceptors (Lipinski definition) is 1. The molecule has 0 amide bonds. The molecule has 2 aromatic rings. The van der Waals surface area contributed by atoms with Crippen molar-refractivity contribution in [3.8, 4) is 11.1 Å². The highest BCUT2D eigenvalue weighted by Gasteiger charge is 2.15. The molecule has 112 valence electrons. The van der Waals surface area contributed by atoms with E-state index in [2.05, 4.69) is 12.2 Å². The van der Waals surface area contributed by atoms with Crippen molar-refractivity contribution >= 4 is 11.6 Å². The average molecular weight is 310 g/mol. The lowest BCUT2D eigenvalue weighted by molar-refractivity contribution is 0.568. The molecule has 0 spiro atoms. The number of nitrogens with one attached hydrogen (secondary N) is 1. The maximum absolute atomic E-state index is 13.6. The molecule has 0 bridgehead atoms. The summed E-state index contributed by atoms with van der Waals surface area (Å²) in [4.78, 5) is 0. The second-order valence-corrected chi connectivity index (χ2v) is 5.44. The van der Waals surface area contributed by atoms with Gasteiger partial charge in [0.2, 0.25) is 0 Å². The van der Waals surface area contributed by atoms with Gasteiger partial charge >= 0.3 is 0 Å². The topological polar surface area (TPSA) is 12.0 Å². The molecule has 0 aliphatic heterocycles. The van der Waals surface area contributed by atoms with E-state index in [1.165, 1.54) is 30.3 Å². The van der Waals surface area contributed by atoms with Crippen molar-refractivity contribution in [3.63, 3.8) is 0 Å². The van der Waals surface area contributed by atoms with Crippen molar-refractivity contribution in [2.45, 2.75) is 26.3 Å². The van der Waals surface area contributed by atoms with Crippen LogP contribution in [-0.2, 0) is 0 Å². The van der Waals surface area contributed by atoms with Crippen LogP contribution >= 0.6 is 11.6 Å². The largest absolute Gasteiger partial charge is 0.310 e. The van der Waals surface area contributed by atoms with Crippen LogP contribution in [-0.4, -0.2) is 6.54 Å². The Morgan fingerprint density at radius 3 is 2.33 bits per heavy atom. The van der Waals surface area contributed by atoms with Gasteiger partial charge in [-0.15, -0.1) is 0 Å². The summed E-state index contributed by atoms with van der Waals surface area (Å²) in [6, 6.07) is 8.69. The summed E-state index contributed by atoms with van der Waals surface area (Å²) >= 11 is 6.15. The third-order valence-corrected chi connectivity index (χ3v) is 3.73. The minimum atomic E-state index is -0.390. The zero-order chi connectivity index (χ0) is 15.4. The molecule has 1 unspecified atom stereocenters. The van der Waals surface area contributed by atoms with Crippen molar-refractivity contribution in [1.29, 1.82) is 0 Å². The summed E-state index contributed by atoms with van der Waals surface area (Å²) in [7, 11) is 0. The molecule has 1 N–H and O–H groups in total. The van der Waals surface area contributed by atoms with Gasteiger partial charge in [0, 0.05) is 16.6 Å². The fourth-order valence-corrected chi connectivity index (χ4v) is 2.53. The zero-order valence-corrected chi connectivity index (χ0v) is 12.8. The molecule has 0 aliphatic carbocycles. The maximum atomic E-state index is 13.6. The Labute approximate surface area is 128 Å². The van der Waals surface area contributed by atoms with Gasteiger partial charge in [0.15, 0.2) is 0 Å². The fourth-order valence-electron chi connectivity index (χ4n) is 2.31. The molecule has 0 aromatic heterocycles. The normalized spacial score (nSPS) is 12.4. The van der Waals surface area contributed by atoms with Crippen LogP contribution in [0.5, 0.6) is 0 Å². The number of benzene rings is 2. The minimum absolute atomic E-state index is 0.0277. The first-order chi connectivity index (χ1) is 10.0. The first-order valence-electron chi connectivity index (χ1n) is 7.01. The lowest BCUT2D eigenvalue weighted by Crippen LogP contribution is -2.20. The van der Waals surface area contributed by atoms with E-state index in [4.69, 9.17) is 11.6 Å². The molecule has 0 saturated heterocycles. The predicted molar refractivity (Wildman–Crippen MR) is 83.5 cm³/mol. The van der Waals surface area contributed by atoms with Crippen LogP contribution in [0.3, 0.4) is 0 Å². The summed E-state index contributed by atoms with van der Waals surface area (Å²) in [6.45, 7) is 4.93. The van der Waals surface area contributed by atoms with Gasteiger partial charge in [0.05, 0.1) is 0 Å². The smallest absolute Gasteiger partial charge is 0.123 e. The minimum Gasteiger partial charge on any atom is -0.310 e. The van der Waals surface area contributed by atoms with Crippen molar-refractivity contribution < 1.29 is 8.78 Å². The molecule has 4 heteroatoms. The summed E-state index contributed by atoms with van der Waals surface area (Å²) < 4.78 is 27.1. The maximum Gasteiger partial charge on any atom is 0.123 e. The van der Waals surface area contributed by atoms with Gasteiger partial charge in [-0.25, -0.2) is 8.78 Å². The van der Waals surface area contributed by atoms with E-state index >= 15 is 0 Å². The van der Waals surface area contributed by atoms with Crippen LogP contribution < -0.4 is 5.32 Å². The van der Waals surface area contributed by atoms with E-state index in [-0.39, 0.29) is 11.9 Å². The van der Waals surface area contributed by atoms with E-state index < -0.39 is 5.82 Å². The number of halogens is 3. The van der Waals surface area contributed by atoms with E-state index in [1.54, 1.807) is 6.07 Å². The van der Waals surface area contributed by atoms with Crippen LogP contribution in [0, 0.1) is 11.6 Å². The third-order valence-electron chi connectivity index (χ3n) is 3.40. The van der Waals surface area contributed by atoms with E-state index in [0.29, 0.717) is 16.1 Å². The summed E-state index contributed by atoms with van der Waals surface area (Å²) in [5.41, 5.74) is 2.03. The Hall–Kier alpha value is -1.45. The quantitative estimate of drug-likeness (QED) is 0.785. The van der Waals surface area contributed by atoms with Gasteiger partial charge in [0.1, 0.15) is 11.6 Å². The Morgan fingerprint density at radius 1 is 1.05 bits per heavy atom. The molecule has 0 heterocycles. The van der Waals surface area contributed by atoms with Crippen LogP contribution in [0.15, 0.2) is 36.4 Å². The fraction of sp³-hybridized carbons (Fsp3) is 0.294. The first-order valence-corrected chi connectivity index (χ1v) is 7.39. The molecular formula is C17H18ClF2N. The molecule has 1 atom stereocenters. The number of hydrogen-bond donors (Lipinski definition) is 1. The van der Waals surface area contributed by atoms with Gasteiger partial charge < -0.3 is 5.32 Å². The summed E-state index contributed by atoms with van der Waals surface area (Å²) in [5, 5.41) is 3.76. The average Bonchev–Trinajstić information content (AvgIpc) is 2.47. The Balaban J connectivity index is 2.51. The zero-order valence-electron chi connectivity index (χ0n) is 12.1. The lowest BCUT2D eigenvalue weighted by Gasteiger charge is -2.19. The van der Waals surface area contributed by atoms with Crippen LogP contribution in [0.1, 0.15) is 31.9 Å². The van der Waals surface area contributed by atoms with Crippen molar-refractivity contribution in [1.82, 2.24) is 5.32 Å². The highest BCUT2D eigenvalue weighted by atomic mass is 35.5. The monoisotopic (exact) mass is 309 g/mol. The van der Waals surface area contributed by atoms with Crippen LogP contribution in [0.25, 0.3) is 11.1 Å². The van der Waals surface area contributed by atoms with Crippen molar-refractivity contribution in [2.24, 2.45) is 0 Å². The van der Waals surface area contributed by atoms with Gasteiger partial charge in [-0.05, 0) is 61.3 Å². The summed E-state index contributed by atoms with van der Waals surface area (Å²) in [5.74, 6) is -0.754. The molecule has 1 nitrogen and oxygen atoms in total. The molecule has 0 radical (unpaired) electrons. The molecule has 2 aromatic carbocycles. The van der Waals surface area contributed by atoms with Crippen LogP contribution in [0.4, 0.5) is 8.78 Å². The molecule has 21 heavy (non-hydrogen) atoms. The van der Waals surface area contributed by atoms with E-state index in [1.807, 2.05) is 6.92 Å². The molecule has 0 aliphatic rings. The molecule has 2 rings (SSSR count). The van der Waals surface area contributed by atoms with Crippen molar-refractivity contribution in [3.05, 3.63) is 58.6 Å². The van der Waals surface area contributed by atoms with Gasteiger partial charge in [-0.1, -0.05) is 24.6 Å². The van der Waals surface area contributed by atoms with Gasteiger partial charge in [-0.3, -0.25) is 0 Å². The van der Waals surface area contributed by atoms with Gasteiger partial charge in [-0.2, -0.15) is 0 Å². The predicted octanol–water partition coefficient (Wildman–Crippen LogP) is 5.35. The number of rotatable bonds is 5. The van der Waals surface area contributed by atoms with E-state index in [9.17, 15) is 8.78 Å². The van der Waals surface area contributed by atoms with Crippen LogP contribution in [0.2, 0.25) is 5.02 Å². The SMILES string of the molecule is CCCNC(C)c1ccc(F)cc1-c1cc(F)ccc1Cl. The first kappa shape index (κ1) is 15.9. The van der Waals surface area contributed by atoms with Crippen molar-refractivity contribution in [2.75, 3.05) is 6.54 Å². The highest BCUT2D eigenvalue weighted by Crippen LogP contribution is 2.34. The second kappa shape index (κ2) is 7.01. The Morgan fingerprint density at radius 2 is 1.67 bits per heavy atom. The highest BCUT2D eigenvalue weighted by molar-refractivity contribution is 6.33. The standard InChI is InChI=1S/C17H18ClF2N/c1-3-8-21-11(2)14-6-4-12(19)9-15(14)16-10-13(20)5-7-17(16)18/h4-7,9-11,21H,3,8H2,1-2H3. The van der Waals surface area contributed by atoms with Gasteiger partial charge in [0.25, 0.3) is 0 Å². The lowest BCUT2D eigenvalue weighted by atomic mass is 9.95. The molecular weight excluding hydrogens is 292 g/mol. The molecule has 0 saturated carbocycles. The second-order valence-electron chi connectivity index (χ2n) is 5.03. The Bertz CT molecular complexity index is 628.